The fraction of sp³-hybridized carbons (Fsp3) is 0.500. The summed E-state index contributed by atoms with van der Waals surface area (Å²) in [6, 6.07) is 8.10. The maximum Gasteiger partial charge on any atom is 0.101 e. The van der Waals surface area contributed by atoms with Crippen LogP contribution in [-0.2, 0) is 0 Å². The van der Waals surface area contributed by atoms with E-state index >= 15 is 0 Å². The van der Waals surface area contributed by atoms with Crippen LogP contribution in [0.25, 0.3) is 0 Å². The summed E-state index contributed by atoms with van der Waals surface area (Å²) in [5.41, 5.74) is 1.53. The van der Waals surface area contributed by atoms with E-state index in [2.05, 4.69) is 25.2 Å². The topological polar surface area (TPSA) is 35.8 Å². The molecule has 0 amide bonds. The Morgan fingerprint density at radius 3 is 2.71 bits per heavy atom. The van der Waals surface area contributed by atoms with E-state index in [1.807, 2.05) is 12.1 Å². The van der Waals surface area contributed by atoms with E-state index in [9.17, 15) is 0 Å². The average Bonchev–Trinajstić information content (AvgIpc) is 2.63. The van der Waals surface area contributed by atoms with Crippen molar-refractivity contribution < 1.29 is 0 Å². The van der Waals surface area contributed by atoms with Gasteiger partial charge in [-0.3, -0.25) is 0 Å². The predicted molar refractivity (Wildman–Crippen MR) is 71.1 cm³/mol. The van der Waals surface area contributed by atoms with Crippen molar-refractivity contribution >= 4 is 17.3 Å². The number of anilines is 1. The fourth-order valence-corrected chi connectivity index (χ4v) is 2.68. The van der Waals surface area contributed by atoms with Gasteiger partial charge in [-0.25, -0.2) is 0 Å². The van der Waals surface area contributed by atoms with E-state index in [-0.39, 0.29) is 0 Å². The Morgan fingerprint density at radius 1 is 1.35 bits per heavy atom. The standard InChI is InChI=1S/C14H17ClN2/c1-9-3-5-13(10(9)2)17-14-6-4-12(15)7-11(14)8-16/h4,6-7,9-10,13,17H,3,5H2,1-2H3. The molecule has 1 aliphatic carbocycles. The largest absolute Gasteiger partial charge is 0.381 e. The van der Waals surface area contributed by atoms with Gasteiger partial charge in [0, 0.05) is 11.1 Å². The smallest absolute Gasteiger partial charge is 0.101 e. The zero-order valence-electron chi connectivity index (χ0n) is 10.2. The second kappa shape index (κ2) is 4.98. The highest BCUT2D eigenvalue weighted by Gasteiger charge is 2.29. The third-order valence-corrected chi connectivity index (χ3v) is 4.14. The van der Waals surface area contributed by atoms with Gasteiger partial charge in [0.15, 0.2) is 0 Å². The molecular weight excluding hydrogens is 232 g/mol. The summed E-state index contributed by atoms with van der Waals surface area (Å²) in [6.45, 7) is 4.57. The van der Waals surface area contributed by atoms with E-state index < -0.39 is 0 Å². The normalized spacial score (nSPS) is 27.8. The van der Waals surface area contributed by atoms with Gasteiger partial charge in [0.05, 0.1) is 11.3 Å². The molecule has 2 rings (SSSR count). The number of halogens is 1. The summed E-state index contributed by atoms with van der Waals surface area (Å²) in [4.78, 5) is 0. The molecule has 1 fully saturated rings. The van der Waals surface area contributed by atoms with Crippen molar-refractivity contribution in [2.45, 2.75) is 32.7 Å². The maximum absolute atomic E-state index is 9.09. The molecule has 2 nitrogen and oxygen atoms in total. The second-order valence-electron chi connectivity index (χ2n) is 4.97. The van der Waals surface area contributed by atoms with Crippen molar-refractivity contribution in [1.82, 2.24) is 0 Å². The average molecular weight is 249 g/mol. The summed E-state index contributed by atoms with van der Waals surface area (Å²) >= 11 is 5.89. The number of hydrogen-bond acceptors (Lipinski definition) is 2. The van der Waals surface area contributed by atoms with Gasteiger partial charge in [-0.2, -0.15) is 5.26 Å². The van der Waals surface area contributed by atoms with Crippen molar-refractivity contribution in [3.63, 3.8) is 0 Å². The van der Waals surface area contributed by atoms with Crippen LogP contribution in [-0.4, -0.2) is 6.04 Å². The van der Waals surface area contributed by atoms with Crippen molar-refractivity contribution in [2.24, 2.45) is 11.8 Å². The van der Waals surface area contributed by atoms with Gasteiger partial charge in [0.1, 0.15) is 6.07 Å². The summed E-state index contributed by atoms with van der Waals surface area (Å²) < 4.78 is 0. The van der Waals surface area contributed by atoms with Gasteiger partial charge in [-0.05, 0) is 42.9 Å². The van der Waals surface area contributed by atoms with Crippen molar-refractivity contribution in [3.8, 4) is 6.07 Å². The first-order chi connectivity index (χ1) is 8.11. The lowest BCUT2D eigenvalue weighted by Gasteiger charge is -2.21. The van der Waals surface area contributed by atoms with Gasteiger partial charge in [-0.1, -0.05) is 25.4 Å². The molecule has 1 aliphatic rings. The molecule has 17 heavy (non-hydrogen) atoms. The van der Waals surface area contributed by atoms with Crippen LogP contribution in [0, 0.1) is 23.2 Å². The van der Waals surface area contributed by atoms with Crippen LogP contribution in [0.4, 0.5) is 5.69 Å². The Morgan fingerprint density at radius 2 is 2.12 bits per heavy atom. The number of rotatable bonds is 2. The number of hydrogen-bond donors (Lipinski definition) is 1. The predicted octanol–water partition coefficient (Wildman–Crippen LogP) is 4.06. The minimum absolute atomic E-state index is 0.471. The molecule has 1 aromatic rings. The van der Waals surface area contributed by atoms with Crippen LogP contribution in [0.5, 0.6) is 0 Å². The Kier molecular flexibility index (Phi) is 3.59. The SMILES string of the molecule is CC1CCC(Nc2ccc(Cl)cc2C#N)C1C. The second-order valence-corrected chi connectivity index (χ2v) is 5.40. The molecule has 1 aromatic carbocycles. The summed E-state index contributed by atoms with van der Waals surface area (Å²) in [7, 11) is 0. The van der Waals surface area contributed by atoms with E-state index in [4.69, 9.17) is 16.9 Å². The van der Waals surface area contributed by atoms with E-state index in [0.29, 0.717) is 22.5 Å². The van der Waals surface area contributed by atoms with Crippen molar-refractivity contribution in [3.05, 3.63) is 28.8 Å². The molecule has 3 unspecified atom stereocenters. The Balaban J connectivity index is 2.17. The molecule has 0 saturated heterocycles. The molecule has 0 spiro atoms. The molecular formula is C14H17ClN2. The van der Waals surface area contributed by atoms with Crippen molar-refractivity contribution in [2.75, 3.05) is 5.32 Å². The van der Waals surface area contributed by atoms with Crippen LogP contribution >= 0.6 is 11.6 Å². The van der Waals surface area contributed by atoms with Gasteiger partial charge < -0.3 is 5.32 Å². The van der Waals surface area contributed by atoms with Gasteiger partial charge in [-0.15, -0.1) is 0 Å². The number of nitrogens with one attached hydrogen (secondary N) is 1. The summed E-state index contributed by atoms with van der Waals surface area (Å²) in [5.74, 6) is 1.41. The van der Waals surface area contributed by atoms with Gasteiger partial charge in [0.2, 0.25) is 0 Å². The van der Waals surface area contributed by atoms with Crippen LogP contribution in [0.1, 0.15) is 32.3 Å². The minimum Gasteiger partial charge on any atom is -0.381 e. The third-order valence-electron chi connectivity index (χ3n) is 3.91. The number of nitrogens with zero attached hydrogens (tertiary/aromatic N) is 1. The quantitative estimate of drug-likeness (QED) is 0.857. The van der Waals surface area contributed by atoms with E-state index in [1.165, 1.54) is 12.8 Å². The monoisotopic (exact) mass is 248 g/mol. The molecule has 1 N–H and O–H groups in total. The molecule has 1 saturated carbocycles. The van der Waals surface area contributed by atoms with Crippen molar-refractivity contribution in [1.29, 1.82) is 5.26 Å². The van der Waals surface area contributed by atoms with Crippen LogP contribution in [0.15, 0.2) is 18.2 Å². The highest BCUT2D eigenvalue weighted by Crippen LogP contribution is 2.34. The lowest BCUT2D eigenvalue weighted by atomic mass is 9.97. The van der Waals surface area contributed by atoms with Crippen LogP contribution in [0.2, 0.25) is 5.02 Å². The maximum atomic E-state index is 9.09. The van der Waals surface area contributed by atoms with Gasteiger partial charge >= 0.3 is 0 Å². The number of nitriles is 1. The lowest BCUT2D eigenvalue weighted by molar-refractivity contribution is 0.435. The molecule has 0 radical (unpaired) electrons. The zero-order chi connectivity index (χ0) is 12.4. The third kappa shape index (κ3) is 2.56. The van der Waals surface area contributed by atoms with E-state index in [1.54, 1.807) is 6.07 Å². The zero-order valence-corrected chi connectivity index (χ0v) is 11.0. The summed E-state index contributed by atoms with van der Waals surface area (Å²) in [6.07, 6.45) is 2.43. The number of benzene rings is 1. The van der Waals surface area contributed by atoms with Gasteiger partial charge in [0.25, 0.3) is 0 Å². The summed E-state index contributed by atoms with van der Waals surface area (Å²) in [5, 5.41) is 13.2. The molecule has 3 heteroatoms. The Hall–Kier alpha value is -1.20. The Bertz CT molecular complexity index is 450. The molecule has 0 heterocycles. The lowest BCUT2D eigenvalue weighted by Crippen LogP contribution is -2.24. The molecule has 3 atom stereocenters. The first-order valence-corrected chi connectivity index (χ1v) is 6.46. The van der Waals surface area contributed by atoms with E-state index in [0.717, 1.165) is 11.6 Å². The minimum atomic E-state index is 0.471. The first kappa shape index (κ1) is 12.3. The molecule has 0 aliphatic heterocycles. The van der Waals surface area contributed by atoms with Crippen LogP contribution < -0.4 is 5.32 Å². The molecule has 90 valence electrons. The first-order valence-electron chi connectivity index (χ1n) is 6.08. The molecule has 0 bridgehead atoms. The fourth-order valence-electron chi connectivity index (χ4n) is 2.50. The highest BCUT2D eigenvalue weighted by atomic mass is 35.5. The van der Waals surface area contributed by atoms with Crippen LogP contribution in [0.3, 0.4) is 0 Å². The highest BCUT2D eigenvalue weighted by molar-refractivity contribution is 6.30. The Labute approximate surface area is 108 Å². The molecule has 0 aromatic heterocycles.